The van der Waals surface area contributed by atoms with Crippen LogP contribution in [-0.4, -0.2) is 34.7 Å². The van der Waals surface area contributed by atoms with Crippen LogP contribution in [0.1, 0.15) is 71.1 Å². The average molecular weight is 398 g/mol. The summed E-state index contributed by atoms with van der Waals surface area (Å²) in [5, 5.41) is 17.8. The second kappa shape index (κ2) is 6.76. The number of H-pyrrole nitrogens is 1. The summed E-state index contributed by atoms with van der Waals surface area (Å²) in [5.41, 5.74) is 6.21. The Morgan fingerprint density at radius 3 is 2.48 bits per heavy atom. The highest BCUT2D eigenvalue weighted by molar-refractivity contribution is 6.00. The number of nitrogens with one attached hydrogen (secondary N) is 3. The molecular weight excluding hydrogens is 362 g/mol. The molecule has 1 aliphatic heterocycles. The van der Waals surface area contributed by atoms with E-state index in [1.54, 1.807) is 0 Å². The van der Waals surface area contributed by atoms with Crippen molar-refractivity contribution in [1.82, 2.24) is 10.3 Å². The van der Waals surface area contributed by atoms with E-state index in [2.05, 4.69) is 63.2 Å². The molecule has 5 heteroatoms. The molecule has 158 valence electrons. The molecule has 0 saturated carbocycles. The Morgan fingerprint density at radius 2 is 1.83 bits per heavy atom. The lowest BCUT2D eigenvalue weighted by molar-refractivity contribution is -0.123. The minimum atomic E-state index is -0.347. The van der Waals surface area contributed by atoms with E-state index in [-0.39, 0.29) is 41.3 Å². The number of aliphatic hydroxyl groups excluding tert-OH is 1. The summed E-state index contributed by atoms with van der Waals surface area (Å²) >= 11 is 0. The molecule has 29 heavy (non-hydrogen) atoms. The SMILES string of the molecule is CC(C)[C@@H]1Nc2c3c(cc4[nH]cc(c24)C[C@@H](CO)NC1=O)C(C)(C)CCC3(C)C. The summed E-state index contributed by atoms with van der Waals surface area (Å²) in [6, 6.07) is 1.70. The maximum atomic E-state index is 13.1. The van der Waals surface area contributed by atoms with E-state index >= 15 is 0 Å². The third kappa shape index (κ3) is 3.24. The molecule has 4 rings (SSSR count). The third-order valence-electron chi connectivity index (χ3n) is 7.11. The molecule has 0 radical (unpaired) electrons. The first-order valence-electron chi connectivity index (χ1n) is 10.9. The first-order chi connectivity index (χ1) is 13.5. The first kappa shape index (κ1) is 20.3. The molecule has 0 spiro atoms. The molecule has 2 heterocycles. The zero-order valence-electron chi connectivity index (χ0n) is 18.6. The van der Waals surface area contributed by atoms with Crippen LogP contribution in [0, 0.1) is 5.92 Å². The Hall–Kier alpha value is -2.01. The summed E-state index contributed by atoms with van der Waals surface area (Å²) in [7, 11) is 0. The molecule has 0 bridgehead atoms. The van der Waals surface area contributed by atoms with Crippen LogP contribution in [0.5, 0.6) is 0 Å². The van der Waals surface area contributed by atoms with Crippen LogP contribution in [0.25, 0.3) is 10.9 Å². The van der Waals surface area contributed by atoms with Crippen LogP contribution in [-0.2, 0) is 22.0 Å². The van der Waals surface area contributed by atoms with Crippen molar-refractivity contribution in [2.75, 3.05) is 11.9 Å². The zero-order chi connectivity index (χ0) is 21.1. The van der Waals surface area contributed by atoms with Gasteiger partial charge in [-0.3, -0.25) is 4.79 Å². The van der Waals surface area contributed by atoms with Gasteiger partial charge in [0.15, 0.2) is 0 Å². The largest absolute Gasteiger partial charge is 0.394 e. The molecule has 1 aromatic carbocycles. The fraction of sp³-hybridized carbons (Fsp3) is 0.625. The van der Waals surface area contributed by atoms with Gasteiger partial charge in [0.1, 0.15) is 6.04 Å². The van der Waals surface area contributed by atoms with Gasteiger partial charge in [-0.2, -0.15) is 0 Å². The Morgan fingerprint density at radius 1 is 1.14 bits per heavy atom. The summed E-state index contributed by atoms with van der Waals surface area (Å²) in [6.07, 6.45) is 4.92. The minimum Gasteiger partial charge on any atom is -0.394 e. The molecule has 1 aromatic heterocycles. The molecule has 2 atom stereocenters. The van der Waals surface area contributed by atoms with Crippen LogP contribution in [0.4, 0.5) is 5.69 Å². The van der Waals surface area contributed by atoms with Gasteiger partial charge in [-0.1, -0.05) is 41.5 Å². The van der Waals surface area contributed by atoms with Gasteiger partial charge in [0, 0.05) is 22.8 Å². The van der Waals surface area contributed by atoms with Crippen molar-refractivity contribution in [3.8, 4) is 0 Å². The van der Waals surface area contributed by atoms with Crippen LogP contribution in [0.15, 0.2) is 12.3 Å². The molecule has 2 aromatic rings. The smallest absolute Gasteiger partial charge is 0.243 e. The quantitative estimate of drug-likeness (QED) is 0.619. The number of benzene rings is 1. The minimum absolute atomic E-state index is 0.0261. The Bertz CT molecular complexity index is 955. The summed E-state index contributed by atoms with van der Waals surface area (Å²) in [6.45, 7) is 13.4. The molecule has 0 fully saturated rings. The highest BCUT2D eigenvalue weighted by Gasteiger charge is 2.41. The normalized spacial score (nSPS) is 25.6. The van der Waals surface area contributed by atoms with Gasteiger partial charge in [0.2, 0.25) is 5.91 Å². The van der Waals surface area contributed by atoms with Gasteiger partial charge in [0.05, 0.1) is 12.6 Å². The molecule has 2 aliphatic rings. The van der Waals surface area contributed by atoms with Gasteiger partial charge in [-0.25, -0.2) is 0 Å². The highest BCUT2D eigenvalue weighted by Crippen LogP contribution is 2.51. The topological polar surface area (TPSA) is 77.2 Å². The van der Waals surface area contributed by atoms with Gasteiger partial charge in [-0.05, 0) is 58.8 Å². The number of carbonyl (C=O) groups excluding carboxylic acids is 1. The number of hydrogen-bond acceptors (Lipinski definition) is 3. The molecule has 4 N–H and O–H groups in total. The van der Waals surface area contributed by atoms with E-state index < -0.39 is 0 Å². The number of fused-ring (bicyclic) bond motifs is 2. The summed E-state index contributed by atoms with van der Waals surface area (Å²) < 4.78 is 0. The number of rotatable bonds is 2. The summed E-state index contributed by atoms with van der Waals surface area (Å²) in [4.78, 5) is 16.6. The molecular formula is C24H35N3O2. The van der Waals surface area contributed by atoms with Gasteiger partial charge in [0.25, 0.3) is 0 Å². The predicted molar refractivity (Wildman–Crippen MR) is 119 cm³/mol. The number of aliphatic hydroxyl groups is 1. The van der Waals surface area contributed by atoms with Crippen molar-refractivity contribution < 1.29 is 9.90 Å². The highest BCUT2D eigenvalue weighted by atomic mass is 16.3. The zero-order valence-corrected chi connectivity index (χ0v) is 18.6. The van der Waals surface area contributed by atoms with Crippen LogP contribution >= 0.6 is 0 Å². The van der Waals surface area contributed by atoms with E-state index in [9.17, 15) is 9.90 Å². The summed E-state index contributed by atoms with van der Waals surface area (Å²) in [5.74, 6) is 0.0901. The van der Waals surface area contributed by atoms with Crippen molar-refractivity contribution in [1.29, 1.82) is 0 Å². The van der Waals surface area contributed by atoms with Gasteiger partial charge >= 0.3 is 0 Å². The fourth-order valence-corrected chi connectivity index (χ4v) is 5.20. The van der Waals surface area contributed by atoms with Gasteiger partial charge in [-0.15, -0.1) is 0 Å². The molecule has 1 aliphatic carbocycles. The Balaban J connectivity index is 2.06. The van der Waals surface area contributed by atoms with Gasteiger partial charge < -0.3 is 20.7 Å². The van der Waals surface area contributed by atoms with E-state index in [1.807, 2.05) is 6.20 Å². The molecule has 5 nitrogen and oxygen atoms in total. The lowest BCUT2D eigenvalue weighted by Crippen LogP contribution is -2.48. The third-order valence-corrected chi connectivity index (χ3v) is 7.11. The maximum Gasteiger partial charge on any atom is 0.243 e. The number of hydrogen-bond donors (Lipinski definition) is 4. The van der Waals surface area contributed by atoms with Crippen molar-refractivity contribution in [3.63, 3.8) is 0 Å². The van der Waals surface area contributed by atoms with Crippen molar-refractivity contribution >= 4 is 22.5 Å². The lowest BCUT2D eigenvalue weighted by Gasteiger charge is -2.43. The first-order valence-corrected chi connectivity index (χ1v) is 10.9. The predicted octanol–water partition coefficient (Wildman–Crippen LogP) is 3.99. The van der Waals surface area contributed by atoms with Crippen molar-refractivity contribution in [2.24, 2.45) is 5.92 Å². The Kier molecular flexibility index (Phi) is 4.73. The number of aromatic nitrogens is 1. The number of carbonyl (C=O) groups is 1. The molecule has 0 saturated heterocycles. The van der Waals surface area contributed by atoms with Crippen LogP contribution in [0.2, 0.25) is 0 Å². The van der Waals surface area contributed by atoms with Crippen LogP contribution in [0.3, 0.4) is 0 Å². The number of aromatic amines is 1. The van der Waals surface area contributed by atoms with E-state index in [0.717, 1.165) is 29.6 Å². The molecule has 0 unspecified atom stereocenters. The Labute approximate surface area is 173 Å². The van der Waals surface area contributed by atoms with E-state index in [1.165, 1.54) is 16.5 Å². The van der Waals surface area contributed by atoms with Crippen molar-refractivity contribution in [2.45, 2.75) is 83.7 Å². The van der Waals surface area contributed by atoms with Crippen molar-refractivity contribution in [3.05, 3.63) is 29.0 Å². The monoisotopic (exact) mass is 397 g/mol. The lowest BCUT2D eigenvalue weighted by atomic mass is 9.62. The second-order valence-corrected chi connectivity index (χ2v) is 10.6. The van der Waals surface area contributed by atoms with Crippen LogP contribution < -0.4 is 10.6 Å². The maximum absolute atomic E-state index is 13.1. The standard InChI is InChI=1S/C24H35N3O2/c1-13(2)20-22(29)26-15(12-28)9-14-11-25-17-10-16-19(21(27-20)18(14)17)24(5,6)8-7-23(16,3)4/h10-11,13,15,20,25,27-28H,7-9,12H2,1-6H3,(H,26,29)/t15-,20-/m0/s1. The fourth-order valence-electron chi connectivity index (χ4n) is 5.20. The average Bonchev–Trinajstić information content (AvgIpc) is 3.06. The van der Waals surface area contributed by atoms with E-state index in [0.29, 0.717) is 6.42 Å². The number of amides is 1. The number of anilines is 1. The van der Waals surface area contributed by atoms with E-state index in [4.69, 9.17) is 0 Å². The second-order valence-electron chi connectivity index (χ2n) is 10.6. The molecule has 1 amide bonds.